The minimum atomic E-state index is -1.09. The lowest BCUT2D eigenvalue weighted by molar-refractivity contribution is -0.385. The Balaban J connectivity index is 2.31. The van der Waals surface area contributed by atoms with Gasteiger partial charge in [-0.1, -0.05) is 18.2 Å². The molecule has 8 nitrogen and oxygen atoms in total. The lowest BCUT2D eigenvalue weighted by Gasteiger charge is -2.24. The first-order valence-corrected chi connectivity index (χ1v) is 7.54. The predicted molar refractivity (Wildman–Crippen MR) is 84.8 cm³/mol. The highest BCUT2D eigenvalue weighted by Crippen LogP contribution is 2.37. The molecule has 2 atom stereocenters. The van der Waals surface area contributed by atoms with Crippen LogP contribution in [0.4, 0.5) is 10.5 Å². The predicted octanol–water partition coefficient (Wildman–Crippen LogP) is 2.63. The van der Waals surface area contributed by atoms with Crippen molar-refractivity contribution in [3.05, 3.63) is 39.9 Å². The fraction of sp³-hybridized carbons (Fsp3) is 0.500. The molecule has 1 saturated heterocycles. The second-order valence-corrected chi connectivity index (χ2v) is 6.75. The summed E-state index contributed by atoms with van der Waals surface area (Å²) in [7, 11) is 0. The summed E-state index contributed by atoms with van der Waals surface area (Å²) in [6.45, 7) is 5.18. The molecule has 0 saturated carbocycles. The molecule has 8 heteroatoms. The fourth-order valence-electron chi connectivity index (χ4n) is 2.81. The highest BCUT2D eigenvalue weighted by atomic mass is 16.6. The summed E-state index contributed by atoms with van der Waals surface area (Å²) in [6, 6.07) is 6.02. The molecule has 130 valence electrons. The summed E-state index contributed by atoms with van der Waals surface area (Å²) < 4.78 is 5.27. The number of hydrogen-bond acceptors (Lipinski definition) is 5. The van der Waals surface area contributed by atoms with Gasteiger partial charge < -0.3 is 14.7 Å². The third-order valence-electron chi connectivity index (χ3n) is 3.82. The van der Waals surface area contributed by atoms with E-state index in [0.717, 1.165) is 0 Å². The molecule has 1 unspecified atom stereocenters. The van der Waals surface area contributed by atoms with E-state index >= 15 is 0 Å². The number of carboxylic acid groups (broad SMARTS) is 1. The molecule has 1 amide bonds. The Morgan fingerprint density at radius 2 is 1.92 bits per heavy atom. The van der Waals surface area contributed by atoms with Crippen molar-refractivity contribution in [2.24, 2.45) is 5.92 Å². The van der Waals surface area contributed by atoms with Crippen molar-refractivity contribution in [2.45, 2.75) is 32.3 Å². The van der Waals surface area contributed by atoms with Gasteiger partial charge in [0.1, 0.15) is 5.60 Å². The summed E-state index contributed by atoms with van der Waals surface area (Å²) in [5, 5.41) is 20.7. The zero-order valence-electron chi connectivity index (χ0n) is 13.8. The van der Waals surface area contributed by atoms with Crippen LogP contribution in [0, 0.1) is 16.0 Å². The molecule has 0 aliphatic carbocycles. The monoisotopic (exact) mass is 336 g/mol. The van der Waals surface area contributed by atoms with Crippen LogP contribution in [0.5, 0.6) is 0 Å². The Labute approximate surface area is 139 Å². The number of carbonyl (C=O) groups is 2. The summed E-state index contributed by atoms with van der Waals surface area (Å²) in [5.41, 5.74) is -0.521. The summed E-state index contributed by atoms with van der Waals surface area (Å²) in [6.07, 6.45) is -0.616. The summed E-state index contributed by atoms with van der Waals surface area (Å²) >= 11 is 0. The van der Waals surface area contributed by atoms with Gasteiger partial charge >= 0.3 is 12.1 Å². The highest BCUT2D eigenvalue weighted by molar-refractivity contribution is 5.76. The van der Waals surface area contributed by atoms with Gasteiger partial charge in [-0.3, -0.25) is 14.9 Å². The average Bonchev–Trinajstić information content (AvgIpc) is 2.90. The van der Waals surface area contributed by atoms with E-state index in [-0.39, 0.29) is 18.8 Å². The van der Waals surface area contributed by atoms with Crippen molar-refractivity contribution in [1.29, 1.82) is 0 Å². The van der Waals surface area contributed by atoms with E-state index in [1.54, 1.807) is 26.8 Å². The molecule has 2 rings (SSSR count). The summed E-state index contributed by atoms with van der Waals surface area (Å²) in [5.74, 6) is -2.67. The molecular weight excluding hydrogens is 316 g/mol. The number of nitro benzene ring substituents is 1. The number of amides is 1. The van der Waals surface area contributed by atoms with Crippen LogP contribution in [-0.4, -0.2) is 45.7 Å². The number of carboxylic acids is 1. The Kier molecular flexibility index (Phi) is 4.77. The number of para-hydroxylation sites is 1. The third-order valence-corrected chi connectivity index (χ3v) is 3.82. The van der Waals surface area contributed by atoms with Crippen LogP contribution in [0.15, 0.2) is 24.3 Å². The first-order valence-electron chi connectivity index (χ1n) is 7.54. The van der Waals surface area contributed by atoms with Gasteiger partial charge in [0.25, 0.3) is 5.69 Å². The quantitative estimate of drug-likeness (QED) is 0.671. The van der Waals surface area contributed by atoms with E-state index in [9.17, 15) is 24.8 Å². The Morgan fingerprint density at radius 3 is 2.46 bits per heavy atom. The van der Waals surface area contributed by atoms with Crippen molar-refractivity contribution in [3.8, 4) is 0 Å². The molecule has 1 aromatic rings. The molecule has 0 spiro atoms. The summed E-state index contributed by atoms with van der Waals surface area (Å²) in [4.78, 5) is 35.7. The van der Waals surface area contributed by atoms with E-state index in [1.807, 2.05) is 0 Å². The highest BCUT2D eigenvalue weighted by Gasteiger charge is 2.43. The van der Waals surface area contributed by atoms with Gasteiger partial charge in [-0.15, -0.1) is 0 Å². The zero-order valence-corrected chi connectivity index (χ0v) is 13.8. The van der Waals surface area contributed by atoms with Crippen LogP contribution in [0.3, 0.4) is 0 Å². The maximum absolute atomic E-state index is 12.2. The zero-order chi connectivity index (χ0) is 18.1. The number of nitrogens with zero attached hydrogens (tertiary/aromatic N) is 2. The van der Waals surface area contributed by atoms with Crippen LogP contribution >= 0.6 is 0 Å². The van der Waals surface area contributed by atoms with Gasteiger partial charge in [-0.05, 0) is 20.8 Å². The Bertz CT molecular complexity index is 667. The number of ether oxygens (including phenoxy) is 1. The van der Waals surface area contributed by atoms with Crippen LogP contribution in [0.25, 0.3) is 0 Å². The third kappa shape index (κ3) is 3.81. The van der Waals surface area contributed by atoms with Gasteiger partial charge in [0.2, 0.25) is 0 Å². The molecule has 1 aliphatic rings. The van der Waals surface area contributed by atoms with Crippen LogP contribution < -0.4 is 0 Å². The van der Waals surface area contributed by atoms with Crippen LogP contribution in [-0.2, 0) is 9.53 Å². The minimum absolute atomic E-state index is 0.0407. The van der Waals surface area contributed by atoms with Crippen molar-refractivity contribution >= 4 is 17.7 Å². The van der Waals surface area contributed by atoms with Crippen molar-refractivity contribution < 1.29 is 24.4 Å². The topological polar surface area (TPSA) is 110 Å². The smallest absolute Gasteiger partial charge is 0.410 e. The Morgan fingerprint density at radius 1 is 1.29 bits per heavy atom. The number of nitro groups is 1. The molecule has 0 aromatic heterocycles. The standard InChI is InChI=1S/C16H20N2O6/c1-16(2,3)24-15(21)17-8-11(12(9-17)14(19)20)10-6-4-5-7-13(10)18(22)23/h4-7,11-12H,8-9H2,1-3H3,(H,19,20)/t11?,12-/m0/s1. The SMILES string of the molecule is CC(C)(C)OC(=O)N1CC(c2ccccc2[N+](=O)[O-])[C@@H](C(=O)O)C1. The van der Waals surface area contributed by atoms with Gasteiger partial charge in [0.15, 0.2) is 0 Å². The first-order chi connectivity index (χ1) is 11.1. The number of rotatable bonds is 3. The van der Waals surface area contributed by atoms with Crippen LogP contribution in [0.2, 0.25) is 0 Å². The average molecular weight is 336 g/mol. The molecule has 0 bridgehead atoms. The van der Waals surface area contributed by atoms with Crippen LogP contribution in [0.1, 0.15) is 32.3 Å². The number of aliphatic carboxylic acids is 1. The molecule has 0 radical (unpaired) electrons. The van der Waals surface area contributed by atoms with E-state index in [4.69, 9.17) is 4.74 Å². The molecular formula is C16H20N2O6. The van der Waals surface area contributed by atoms with Crippen molar-refractivity contribution in [3.63, 3.8) is 0 Å². The lowest BCUT2D eigenvalue weighted by atomic mass is 9.88. The van der Waals surface area contributed by atoms with Gasteiger partial charge in [0, 0.05) is 30.6 Å². The second-order valence-electron chi connectivity index (χ2n) is 6.75. The number of carbonyl (C=O) groups excluding carboxylic acids is 1. The Hall–Kier alpha value is -2.64. The molecule has 24 heavy (non-hydrogen) atoms. The second kappa shape index (κ2) is 6.46. The van der Waals surface area contributed by atoms with Gasteiger partial charge in [-0.2, -0.15) is 0 Å². The molecule has 1 aromatic carbocycles. The number of benzene rings is 1. The molecule has 1 N–H and O–H groups in total. The van der Waals surface area contributed by atoms with E-state index in [2.05, 4.69) is 0 Å². The van der Waals surface area contributed by atoms with E-state index < -0.39 is 34.4 Å². The molecule has 1 heterocycles. The largest absolute Gasteiger partial charge is 0.481 e. The van der Waals surface area contributed by atoms with E-state index in [1.165, 1.54) is 23.1 Å². The number of hydrogen-bond donors (Lipinski definition) is 1. The van der Waals surface area contributed by atoms with Gasteiger partial charge in [0.05, 0.1) is 10.8 Å². The fourth-order valence-corrected chi connectivity index (χ4v) is 2.81. The molecule has 1 fully saturated rings. The molecule has 1 aliphatic heterocycles. The first kappa shape index (κ1) is 17.7. The maximum atomic E-state index is 12.2. The minimum Gasteiger partial charge on any atom is -0.481 e. The van der Waals surface area contributed by atoms with Crippen molar-refractivity contribution in [2.75, 3.05) is 13.1 Å². The van der Waals surface area contributed by atoms with E-state index in [0.29, 0.717) is 5.56 Å². The van der Waals surface area contributed by atoms with Gasteiger partial charge in [-0.25, -0.2) is 4.79 Å². The number of likely N-dealkylation sites (tertiary alicyclic amines) is 1. The lowest BCUT2D eigenvalue weighted by Crippen LogP contribution is -2.35. The van der Waals surface area contributed by atoms with Crippen molar-refractivity contribution in [1.82, 2.24) is 4.90 Å². The normalized spacial score (nSPS) is 20.7. The maximum Gasteiger partial charge on any atom is 0.410 e.